The number of aliphatic imine (C=N–C) groups is 1. The Labute approximate surface area is 181 Å². The Morgan fingerprint density at radius 2 is 1.60 bits per heavy atom. The lowest BCUT2D eigenvalue weighted by Gasteiger charge is -2.36. The van der Waals surface area contributed by atoms with Crippen molar-refractivity contribution in [1.29, 1.82) is 0 Å². The lowest BCUT2D eigenvalue weighted by atomic mass is 9.75. The van der Waals surface area contributed by atoms with Gasteiger partial charge in [0.05, 0.1) is 11.6 Å². The molecule has 3 aliphatic heterocycles. The van der Waals surface area contributed by atoms with Crippen LogP contribution in [0, 0.1) is 0 Å². The number of carbonyl (C=O) groups excluding carboxylic acids is 2. The molecule has 2 aromatic rings. The van der Waals surface area contributed by atoms with E-state index in [1.165, 1.54) is 4.90 Å². The Balaban J connectivity index is 1.69. The van der Waals surface area contributed by atoms with Crippen LogP contribution in [-0.4, -0.2) is 33.9 Å². The van der Waals surface area contributed by atoms with Gasteiger partial charge < -0.3 is 4.84 Å². The fraction of sp³-hybridized carbons (Fsp3) is 0.0909. The van der Waals surface area contributed by atoms with E-state index in [9.17, 15) is 9.59 Å². The second kappa shape index (κ2) is 6.93. The number of halogens is 2. The van der Waals surface area contributed by atoms with Gasteiger partial charge in [-0.25, -0.2) is 0 Å². The van der Waals surface area contributed by atoms with Gasteiger partial charge in [-0.3, -0.25) is 14.5 Å². The highest BCUT2D eigenvalue weighted by atomic mass is 35.5. The van der Waals surface area contributed by atoms with Crippen LogP contribution in [0.1, 0.15) is 17.0 Å². The van der Waals surface area contributed by atoms with Crippen LogP contribution in [-0.2, 0) is 14.4 Å². The summed E-state index contributed by atoms with van der Waals surface area (Å²) in [6.07, 6.45) is 6.54. The van der Waals surface area contributed by atoms with Crippen LogP contribution in [0.3, 0.4) is 0 Å². The lowest BCUT2D eigenvalue weighted by Crippen LogP contribution is -2.61. The summed E-state index contributed by atoms with van der Waals surface area (Å²) in [7, 11) is 0. The monoisotopic (exact) mass is 437 g/mol. The Hall–Kier alpha value is -3.22. The molecule has 3 heterocycles. The maximum atomic E-state index is 13.6. The number of oxime groups is 1. The molecule has 30 heavy (non-hydrogen) atoms. The highest BCUT2D eigenvalue weighted by Gasteiger charge is 2.65. The minimum absolute atomic E-state index is 0.247. The predicted octanol–water partition coefficient (Wildman–Crippen LogP) is 4.10. The Morgan fingerprint density at radius 3 is 2.30 bits per heavy atom. The summed E-state index contributed by atoms with van der Waals surface area (Å²) in [5.41, 5.74) is -0.170. The topological polar surface area (TPSA) is 71.3 Å². The summed E-state index contributed by atoms with van der Waals surface area (Å²) in [6, 6.07) is 13.8. The van der Waals surface area contributed by atoms with Crippen molar-refractivity contribution in [3.8, 4) is 0 Å². The first-order valence-corrected chi connectivity index (χ1v) is 9.85. The van der Waals surface area contributed by atoms with Crippen LogP contribution in [0.4, 0.5) is 0 Å². The van der Waals surface area contributed by atoms with Gasteiger partial charge in [-0.1, -0.05) is 58.7 Å². The number of nitrogens with zero attached hydrogens (tertiary/aromatic N) is 3. The van der Waals surface area contributed by atoms with Crippen molar-refractivity contribution < 1.29 is 14.4 Å². The minimum atomic E-state index is -1.94. The van der Waals surface area contributed by atoms with Crippen molar-refractivity contribution in [3.05, 3.63) is 94.1 Å². The number of hydrogen-bond donors (Lipinski definition) is 0. The third-order valence-electron chi connectivity index (χ3n) is 5.22. The van der Waals surface area contributed by atoms with Gasteiger partial charge in [0.1, 0.15) is 5.84 Å². The molecule has 6 nitrogen and oxygen atoms in total. The fourth-order valence-electron chi connectivity index (χ4n) is 3.79. The molecule has 5 rings (SSSR count). The van der Waals surface area contributed by atoms with Crippen LogP contribution in [0.2, 0.25) is 10.0 Å². The molecular weight excluding hydrogens is 425 g/mol. The van der Waals surface area contributed by atoms with Crippen molar-refractivity contribution in [2.24, 2.45) is 10.1 Å². The van der Waals surface area contributed by atoms with Crippen LogP contribution >= 0.6 is 23.2 Å². The van der Waals surface area contributed by atoms with Crippen molar-refractivity contribution in [2.45, 2.75) is 11.5 Å². The third-order valence-corrected chi connectivity index (χ3v) is 5.72. The van der Waals surface area contributed by atoms with E-state index < -0.39 is 23.3 Å². The van der Waals surface area contributed by atoms with Crippen molar-refractivity contribution in [2.75, 3.05) is 0 Å². The normalized spacial score (nSPS) is 24.6. The molecule has 0 N–H and O–H groups in total. The average Bonchev–Trinajstić information content (AvgIpc) is 3.15. The molecule has 0 saturated heterocycles. The van der Waals surface area contributed by atoms with Gasteiger partial charge in [-0.05, 0) is 42.0 Å². The fourth-order valence-corrected chi connectivity index (χ4v) is 4.04. The molecule has 2 atom stereocenters. The standard InChI is InChI=1S/C22H13Cl2N3O3/c23-15-8-4-13(5-9-15)18-19(14-6-10-16(24)11-7-14)26-30-22(18)20(28)25-17-3-1-2-12-27(17)21(22)29/h1-12,18H. The highest BCUT2D eigenvalue weighted by molar-refractivity contribution is 6.31. The van der Waals surface area contributed by atoms with E-state index >= 15 is 0 Å². The molecule has 0 fully saturated rings. The number of fused-ring (bicyclic) bond motifs is 1. The average molecular weight is 438 g/mol. The zero-order valence-corrected chi connectivity index (χ0v) is 16.8. The molecular formula is C22H13Cl2N3O3. The molecule has 0 bridgehead atoms. The molecule has 0 aromatic heterocycles. The third kappa shape index (κ3) is 2.72. The quantitative estimate of drug-likeness (QED) is 0.663. The van der Waals surface area contributed by atoms with Crippen molar-refractivity contribution in [3.63, 3.8) is 0 Å². The summed E-state index contributed by atoms with van der Waals surface area (Å²) in [6.45, 7) is 0. The van der Waals surface area contributed by atoms with Gasteiger partial charge in [0, 0.05) is 21.8 Å². The van der Waals surface area contributed by atoms with E-state index in [-0.39, 0.29) is 5.84 Å². The summed E-state index contributed by atoms with van der Waals surface area (Å²) >= 11 is 12.1. The van der Waals surface area contributed by atoms with E-state index in [1.54, 1.807) is 73.0 Å². The molecule has 0 radical (unpaired) electrons. The summed E-state index contributed by atoms with van der Waals surface area (Å²) < 4.78 is 0. The minimum Gasteiger partial charge on any atom is -0.367 e. The molecule has 2 amide bonds. The van der Waals surface area contributed by atoms with Gasteiger partial charge >= 0.3 is 11.5 Å². The van der Waals surface area contributed by atoms with E-state index in [1.807, 2.05) is 0 Å². The van der Waals surface area contributed by atoms with Gasteiger partial charge in [-0.2, -0.15) is 4.99 Å². The first-order valence-electron chi connectivity index (χ1n) is 9.10. The van der Waals surface area contributed by atoms with E-state index in [0.29, 0.717) is 26.9 Å². The second-order valence-corrected chi connectivity index (χ2v) is 7.82. The predicted molar refractivity (Wildman–Crippen MR) is 114 cm³/mol. The van der Waals surface area contributed by atoms with Gasteiger partial charge in [0.15, 0.2) is 0 Å². The maximum absolute atomic E-state index is 13.6. The van der Waals surface area contributed by atoms with Crippen LogP contribution in [0.15, 0.2) is 83.1 Å². The lowest BCUT2D eigenvalue weighted by molar-refractivity contribution is -0.162. The van der Waals surface area contributed by atoms with E-state index in [0.717, 1.165) is 0 Å². The molecule has 2 unspecified atom stereocenters. The molecule has 0 aliphatic carbocycles. The second-order valence-electron chi connectivity index (χ2n) is 6.95. The van der Waals surface area contributed by atoms with Crippen LogP contribution in [0.25, 0.3) is 0 Å². The van der Waals surface area contributed by atoms with Gasteiger partial charge in [-0.15, -0.1) is 0 Å². The summed E-state index contributed by atoms with van der Waals surface area (Å²) in [5, 5.41) is 5.28. The SMILES string of the molecule is O=C1N=C2C=CC=CN2C(=O)C12ON=C(c1ccc(Cl)cc1)C2c1ccc(Cl)cc1. The highest BCUT2D eigenvalue weighted by Crippen LogP contribution is 2.44. The van der Waals surface area contributed by atoms with Crippen LogP contribution < -0.4 is 0 Å². The van der Waals surface area contributed by atoms with Crippen LogP contribution in [0.5, 0.6) is 0 Å². The molecule has 1 spiro atoms. The number of rotatable bonds is 2. The van der Waals surface area contributed by atoms with Gasteiger partial charge in [0.2, 0.25) is 0 Å². The Bertz CT molecular complexity index is 1180. The molecule has 3 aliphatic rings. The number of benzene rings is 2. The molecule has 2 aromatic carbocycles. The zero-order valence-electron chi connectivity index (χ0n) is 15.3. The van der Waals surface area contributed by atoms with Gasteiger partial charge in [0.25, 0.3) is 5.91 Å². The summed E-state index contributed by atoms with van der Waals surface area (Å²) in [4.78, 5) is 37.9. The number of amides is 2. The first kappa shape index (κ1) is 18.8. The number of amidine groups is 1. The van der Waals surface area contributed by atoms with E-state index in [2.05, 4.69) is 10.1 Å². The number of allylic oxidation sites excluding steroid dienone is 2. The Kier molecular flexibility index (Phi) is 4.34. The zero-order chi connectivity index (χ0) is 20.9. The summed E-state index contributed by atoms with van der Waals surface area (Å²) in [5.74, 6) is -1.82. The molecule has 0 saturated carbocycles. The molecule has 8 heteroatoms. The molecule has 148 valence electrons. The van der Waals surface area contributed by atoms with Crippen molar-refractivity contribution in [1.82, 2.24) is 4.90 Å². The maximum Gasteiger partial charge on any atom is 0.307 e. The smallest absolute Gasteiger partial charge is 0.307 e. The largest absolute Gasteiger partial charge is 0.367 e. The first-order chi connectivity index (χ1) is 14.5. The van der Waals surface area contributed by atoms with Crippen molar-refractivity contribution >= 4 is 46.6 Å². The van der Waals surface area contributed by atoms with E-state index in [4.69, 9.17) is 28.0 Å². The number of hydrogen-bond acceptors (Lipinski definition) is 4. The number of carbonyl (C=O) groups is 2. The Morgan fingerprint density at radius 1 is 0.933 bits per heavy atom.